The molecule has 0 N–H and O–H groups in total. The summed E-state index contributed by atoms with van der Waals surface area (Å²) in [5.74, 6) is 0.831. The Morgan fingerprint density at radius 1 is 1.19 bits per heavy atom. The first-order chi connectivity index (χ1) is 7.70. The van der Waals surface area contributed by atoms with Gasteiger partial charge in [0.1, 0.15) is 6.29 Å². The van der Waals surface area contributed by atoms with Gasteiger partial charge in [0, 0.05) is 11.1 Å². The monoisotopic (exact) mass is 234 g/mol. The lowest BCUT2D eigenvalue weighted by Crippen LogP contribution is -1.99. The van der Waals surface area contributed by atoms with Crippen molar-refractivity contribution in [2.45, 2.75) is 6.92 Å². The van der Waals surface area contributed by atoms with Crippen molar-refractivity contribution < 1.29 is 4.79 Å². The molecule has 0 saturated heterocycles. The van der Waals surface area contributed by atoms with Crippen LogP contribution in [0.15, 0.2) is 18.2 Å². The fourth-order valence-electron chi connectivity index (χ4n) is 1.17. The predicted octanol–water partition coefficient (Wildman–Crippen LogP) is 1.71. The van der Waals surface area contributed by atoms with Gasteiger partial charge in [-0.1, -0.05) is 17.7 Å². The van der Waals surface area contributed by atoms with Crippen molar-refractivity contribution in [1.29, 1.82) is 0 Å². The number of hydrogen-bond donors (Lipinski definition) is 0. The highest BCUT2D eigenvalue weighted by Crippen LogP contribution is 2.24. The van der Waals surface area contributed by atoms with E-state index >= 15 is 0 Å². The van der Waals surface area contributed by atoms with Gasteiger partial charge in [-0.3, -0.25) is 4.79 Å². The summed E-state index contributed by atoms with van der Waals surface area (Å²) in [6.07, 6.45) is 0.724. The highest BCUT2D eigenvalue weighted by Gasteiger charge is 2.08. The first kappa shape index (κ1) is 10.6. The molecule has 80 valence electrons. The number of nitrogens with zero attached hydrogens (tertiary/aromatic N) is 4. The van der Waals surface area contributed by atoms with Crippen LogP contribution in [0.5, 0.6) is 0 Å². The van der Waals surface area contributed by atoms with Crippen LogP contribution >= 0.6 is 11.6 Å². The van der Waals surface area contributed by atoms with E-state index in [4.69, 9.17) is 11.6 Å². The van der Waals surface area contributed by atoms with Gasteiger partial charge in [-0.2, -0.15) is 0 Å². The van der Waals surface area contributed by atoms with Gasteiger partial charge in [0.15, 0.2) is 5.82 Å². The van der Waals surface area contributed by atoms with E-state index in [1.807, 2.05) is 0 Å². The number of carbonyl (C=O) groups excluding carboxylic acids is 1. The summed E-state index contributed by atoms with van der Waals surface area (Å²) >= 11 is 5.99. The third-order valence-corrected chi connectivity index (χ3v) is 2.26. The molecule has 0 aliphatic heterocycles. The number of aromatic nitrogens is 4. The van der Waals surface area contributed by atoms with Gasteiger partial charge >= 0.3 is 0 Å². The third-order valence-electron chi connectivity index (χ3n) is 1.95. The average Bonchev–Trinajstić information content (AvgIpc) is 2.30. The van der Waals surface area contributed by atoms with Crippen LogP contribution in [0.1, 0.15) is 16.2 Å². The van der Waals surface area contributed by atoms with Crippen molar-refractivity contribution >= 4 is 17.9 Å². The fraction of sp³-hybridized carbons (Fsp3) is 0.100. The zero-order valence-corrected chi connectivity index (χ0v) is 9.14. The number of benzene rings is 1. The average molecular weight is 235 g/mol. The van der Waals surface area contributed by atoms with E-state index in [1.54, 1.807) is 25.1 Å². The molecule has 0 unspecified atom stereocenters. The second-order valence-corrected chi connectivity index (χ2v) is 3.54. The highest BCUT2D eigenvalue weighted by molar-refractivity contribution is 6.33. The lowest BCUT2D eigenvalue weighted by molar-refractivity contribution is 0.112. The highest BCUT2D eigenvalue weighted by atomic mass is 35.5. The number of rotatable bonds is 2. The van der Waals surface area contributed by atoms with Crippen LogP contribution in [0, 0.1) is 6.92 Å². The van der Waals surface area contributed by atoms with Crippen LogP contribution in [0.25, 0.3) is 11.4 Å². The van der Waals surface area contributed by atoms with Crippen LogP contribution in [0.3, 0.4) is 0 Å². The molecule has 0 aliphatic carbocycles. The molecule has 1 aromatic carbocycles. The van der Waals surface area contributed by atoms with E-state index in [0.29, 0.717) is 27.8 Å². The Hall–Kier alpha value is -1.88. The standard InChI is InChI=1S/C10H7ClN4O/c1-6-12-14-10(15-13-6)8-3-2-7(5-16)4-9(8)11/h2-5H,1H3. The Kier molecular flexibility index (Phi) is 2.87. The Morgan fingerprint density at radius 3 is 2.44 bits per heavy atom. The van der Waals surface area contributed by atoms with E-state index in [0.717, 1.165) is 6.29 Å². The zero-order valence-electron chi connectivity index (χ0n) is 8.38. The Morgan fingerprint density at radius 2 is 1.88 bits per heavy atom. The normalized spacial score (nSPS) is 10.1. The van der Waals surface area contributed by atoms with E-state index in [1.165, 1.54) is 0 Å². The summed E-state index contributed by atoms with van der Waals surface area (Å²) in [5.41, 5.74) is 1.11. The number of aldehydes is 1. The van der Waals surface area contributed by atoms with E-state index in [2.05, 4.69) is 20.4 Å². The molecule has 0 saturated carbocycles. The number of aryl methyl sites for hydroxylation is 1. The maximum absolute atomic E-state index is 10.5. The number of halogens is 1. The third kappa shape index (κ3) is 2.04. The molecule has 2 aromatic rings. The van der Waals surface area contributed by atoms with E-state index in [9.17, 15) is 4.79 Å². The lowest BCUT2D eigenvalue weighted by atomic mass is 10.1. The van der Waals surface area contributed by atoms with Gasteiger partial charge in [0.05, 0.1) is 5.02 Å². The van der Waals surface area contributed by atoms with E-state index in [-0.39, 0.29) is 0 Å². The SMILES string of the molecule is Cc1nnc(-c2ccc(C=O)cc2Cl)nn1. The topological polar surface area (TPSA) is 68.6 Å². The van der Waals surface area contributed by atoms with Crippen LogP contribution in [-0.2, 0) is 0 Å². The van der Waals surface area contributed by atoms with Gasteiger partial charge in [0.2, 0.25) is 5.82 Å². The first-order valence-electron chi connectivity index (χ1n) is 4.50. The van der Waals surface area contributed by atoms with Crippen LogP contribution in [0.4, 0.5) is 0 Å². The molecule has 1 aromatic heterocycles. The van der Waals surface area contributed by atoms with Gasteiger partial charge in [0.25, 0.3) is 0 Å². The number of hydrogen-bond acceptors (Lipinski definition) is 5. The smallest absolute Gasteiger partial charge is 0.205 e. The van der Waals surface area contributed by atoms with Crippen LogP contribution < -0.4 is 0 Å². The minimum atomic E-state index is 0.341. The molecule has 0 bridgehead atoms. The van der Waals surface area contributed by atoms with Gasteiger partial charge < -0.3 is 0 Å². The molecule has 0 spiro atoms. The lowest BCUT2D eigenvalue weighted by Gasteiger charge is -2.01. The van der Waals surface area contributed by atoms with Gasteiger partial charge in [-0.15, -0.1) is 20.4 Å². The molecular formula is C10H7ClN4O. The molecule has 0 aliphatic rings. The molecule has 0 fully saturated rings. The summed E-state index contributed by atoms with van der Waals surface area (Å²) < 4.78 is 0. The molecule has 6 heteroatoms. The van der Waals surface area contributed by atoms with Crippen molar-refractivity contribution in [3.8, 4) is 11.4 Å². The second kappa shape index (κ2) is 4.32. The van der Waals surface area contributed by atoms with Gasteiger partial charge in [-0.05, 0) is 19.1 Å². The second-order valence-electron chi connectivity index (χ2n) is 3.13. The number of carbonyl (C=O) groups is 1. The molecule has 1 heterocycles. The summed E-state index contributed by atoms with van der Waals surface area (Å²) in [4.78, 5) is 10.5. The molecule has 2 rings (SSSR count). The van der Waals surface area contributed by atoms with Crippen molar-refractivity contribution in [3.05, 3.63) is 34.6 Å². The van der Waals surface area contributed by atoms with Crippen molar-refractivity contribution in [2.75, 3.05) is 0 Å². The zero-order chi connectivity index (χ0) is 11.5. The van der Waals surface area contributed by atoms with Gasteiger partial charge in [-0.25, -0.2) is 0 Å². The quantitative estimate of drug-likeness (QED) is 0.740. The largest absolute Gasteiger partial charge is 0.298 e. The van der Waals surface area contributed by atoms with Crippen molar-refractivity contribution in [2.24, 2.45) is 0 Å². The minimum Gasteiger partial charge on any atom is -0.298 e. The molecule has 16 heavy (non-hydrogen) atoms. The molecular weight excluding hydrogens is 228 g/mol. The maximum atomic E-state index is 10.5. The molecule has 0 amide bonds. The molecule has 0 atom stereocenters. The Bertz CT molecular complexity index is 527. The molecule has 5 nitrogen and oxygen atoms in total. The van der Waals surface area contributed by atoms with Crippen molar-refractivity contribution in [3.63, 3.8) is 0 Å². The maximum Gasteiger partial charge on any atom is 0.205 e. The Balaban J connectivity index is 2.48. The summed E-state index contributed by atoms with van der Waals surface area (Å²) in [6.45, 7) is 1.70. The van der Waals surface area contributed by atoms with E-state index < -0.39 is 0 Å². The minimum absolute atomic E-state index is 0.341. The predicted molar refractivity (Wildman–Crippen MR) is 58.2 cm³/mol. The first-order valence-corrected chi connectivity index (χ1v) is 4.87. The Labute approximate surface area is 96.5 Å². The van der Waals surface area contributed by atoms with Crippen LogP contribution in [0.2, 0.25) is 5.02 Å². The molecule has 0 radical (unpaired) electrons. The summed E-state index contributed by atoms with van der Waals surface area (Å²) in [5, 5.41) is 15.7. The fourth-order valence-corrected chi connectivity index (χ4v) is 1.45. The summed E-state index contributed by atoms with van der Waals surface area (Å²) in [7, 11) is 0. The summed E-state index contributed by atoms with van der Waals surface area (Å²) in [6, 6.07) is 4.85. The van der Waals surface area contributed by atoms with Crippen LogP contribution in [-0.4, -0.2) is 26.7 Å². The van der Waals surface area contributed by atoms with Crippen molar-refractivity contribution in [1.82, 2.24) is 20.4 Å².